The van der Waals surface area contributed by atoms with Crippen molar-refractivity contribution in [2.45, 2.75) is 64.1 Å². The number of hydrogen-bond acceptors (Lipinski definition) is 7. The maximum atomic E-state index is 13.0. The molecule has 2 rings (SSSR count). The third-order valence-corrected chi connectivity index (χ3v) is 5.31. The van der Waals surface area contributed by atoms with E-state index in [-0.39, 0.29) is 38.6 Å². The molecule has 0 unspecified atom stereocenters. The number of hydrogen-bond donors (Lipinski definition) is 3. The van der Waals surface area contributed by atoms with Gasteiger partial charge < -0.3 is 25.2 Å². The summed E-state index contributed by atoms with van der Waals surface area (Å²) in [4.78, 5) is 50.1. The quantitative estimate of drug-likeness (QED) is 0.405. The highest BCUT2D eigenvalue weighted by Crippen LogP contribution is 2.14. The van der Waals surface area contributed by atoms with E-state index in [1.54, 1.807) is 19.1 Å². The summed E-state index contributed by atoms with van der Waals surface area (Å²) in [5, 5.41) is 14.4. The average Bonchev–Trinajstić information content (AvgIpc) is 2.83. The fraction of sp³-hybridized carbons (Fsp3) is 0.520. The Bertz CT molecular complexity index is 841. The van der Waals surface area contributed by atoms with Gasteiger partial charge in [0.15, 0.2) is 6.04 Å². The van der Waals surface area contributed by atoms with Crippen LogP contribution in [0.5, 0.6) is 0 Å². The van der Waals surface area contributed by atoms with Gasteiger partial charge in [-0.3, -0.25) is 14.4 Å². The van der Waals surface area contributed by atoms with Gasteiger partial charge in [0, 0.05) is 18.9 Å². The molecule has 9 nitrogen and oxygen atoms in total. The predicted molar refractivity (Wildman–Crippen MR) is 124 cm³/mol. The van der Waals surface area contributed by atoms with Crippen molar-refractivity contribution < 1.29 is 33.8 Å². The van der Waals surface area contributed by atoms with E-state index in [2.05, 4.69) is 10.6 Å². The van der Waals surface area contributed by atoms with E-state index >= 15 is 0 Å². The zero-order valence-corrected chi connectivity index (χ0v) is 19.5. The molecular formula is C25H34N2O7. The molecule has 1 aromatic carbocycles. The highest BCUT2D eigenvalue weighted by atomic mass is 16.6. The van der Waals surface area contributed by atoms with Crippen LogP contribution in [-0.4, -0.2) is 54.2 Å². The molecule has 1 aromatic rings. The van der Waals surface area contributed by atoms with Gasteiger partial charge in [-0.05, 0) is 38.2 Å². The predicted octanol–water partition coefficient (Wildman–Crippen LogP) is 1.78. The van der Waals surface area contributed by atoms with Crippen molar-refractivity contribution in [2.75, 3.05) is 13.2 Å². The van der Waals surface area contributed by atoms with Crippen LogP contribution in [-0.2, 0) is 35.3 Å². The fourth-order valence-corrected chi connectivity index (χ4v) is 3.33. The Kier molecular flexibility index (Phi) is 11.8. The molecule has 0 saturated carbocycles. The van der Waals surface area contributed by atoms with Crippen LogP contribution in [0.3, 0.4) is 0 Å². The molecule has 3 N–H and O–H groups in total. The van der Waals surface area contributed by atoms with Crippen LogP contribution in [0.1, 0.15) is 51.0 Å². The first-order valence-corrected chi connectivity index (χ1v) is 11.6. The van der Waals surface area contributed by atoms with Gasteiger partial charge >= 0.3 is 11.9 Å². The van der Waals surface area contributed by atoms with Crippen LogP contribution >= 0.6 is 0 Å². The third kappa shape index (κ3) is 10.2. The highest BCUT2D eigenvalue weighted by molar-refractivity contribution is 5.89. The molecule has 1 aliphatic heterocycles. The molecule has 2 amide bonds. The molecule has 0 fully saturated rings. The van der Waals surface area contributed by atoms with Gasteiger partial charge in [0.2, 0.25) is 11.8 Å². The van der Waals surface area contributed by atoms with Crippen LogP contribution in [0, 0.1) is 5.92 Å². The number of allylic oxidation sites excluding steroid dienone is 2. The van der Waals surface area contributed by atoms with Gasteiger partial charge in [0.05, 0.1) is 12.5 Å². The van der Waals surface area contributed by atoms with E-state index in [0.29, 0.717) is 12.8 Å². The molecule has 1 heterocycles. The first-order chi connectivity index (χ1) is 16.4. The lowest BCUT2D eigenvalue weighted by molar-refractivity contribution is -0.155. The van der Waals surface area contributed by atoms with Gasteiger partial charge in [-0.1, -0.05) is 42.5 Å². The number of benzene rings is 1. The molecule has 0 saturated heterocycles. The largest absolute Gasteiger partial charge is 0.463 e. The zero-order valence-electron chi connectivity index (χ0n) is 19.5. The van der Waals surface area contributed by atoms with Crippen LogP contribution < -0.4 is 10.6 Å². The second-order valence-electron chi connectivity index (χ2n) is 8.34. The number of carbonyl (C=O) groups is 4. The Labute approximate surface area is 199 Å². The molecule has 3 atom stereocenters. The molecule has 34 heavy (non-hydrogen) atoms. The van der Waals surface area contributed by atoms with Crippen molar-refractivity contribution >= 4 is 23.8 Å². The van der Waals surface area contributed by atoms with Crippen molar-refractivity contribution in [3.8, 4) is 0 Å². The van der Waals surface area contributed by atoms with Gasteiger partial charge in [-0.25, -0.2) is 4.79 Å². The van der Waals surface area contributed by atoms with Crippen LogP contribution in [0.25, 0.3) is 0 Å². The Morgan fingerprint density at radius 1 is 1.21 bits per heavy atom. The second kappa shape index (κ2) is 14.8. The molecule has 0 radical (unpaired) electrons. The van der Waals surface area contributed by atoms with E-state index in [0.717, 1.165) is 18.4 Å². The Morgan fingerprint density at radius 3 is 2.71 bits per heavy atom. The molecular weight excluding hydrogens is 440 g/mol. The lowest BCUT2D eigenvalue weighted by Gasteiger charge is -2.22. The minimum absolute atomic E-state index is 0.00755. The fourth-order valence-electron chi connectivity index (χ4n) is 3.33. The van der Waals surface area contributed by atoms with Gasteiger partial charge in [0.1, 0.15) is 13.2 Å². The normalized spacial score (nSPS) is 20.9. The minimum atomic E-state index is -1.20. The Hall–Kier alpha value is -3.20. The number of esters is 2. The Balaban J connectivity index is 2.12. The maximum absolute atomic E-state index is 13.0. The van der Waals surface area contributed by atoms with E-state index in [1.807, 2.05) is 30.4 Å². The van der Waals surface area contributed by atoms with E-state index in [1.165, 1.54) is 0 Å². The first-order valence-electron chi connectivity index (χ1n) is 11.6. The van der Waals surface area contributed by atoms with E-state index in [9.17, 15) is 19.2 Å². The summed E-state index contributed by atoms with van der Waals surface area (Å²) in [5.74, 6) is -2.84. The standard InChI is InChI=1S/C25H34N2O7/c1-18(15-28)26-22(29)14-20-12-8-3-2-4-9-13-23(30)33-17-21(27-24(20)31)25(32)34-16-19-10-6-5-7-11-19/h3,5-8,10-11,18,20-21,28H,2,4,9,12-17H2,1H3,(H,26,29)(H,27,31)/t18-,20-,21-/m1/s1. The number of ether oxygens (including phenoxy) is 2. The molecule has 9 heteroatoms. The smallest absolute Gasteiger partial charge is 0.332 e. The number of rotatable bonds is 7. The number of cyclic esters (lactones) is 1. The van der Waals surface area contributed by atoms with Crippen LogP contribution in [0.2, 0.25) is 0 Å². The van der Waals surface area contributed by atoms with Gasteiger partial charge in [-0.2, -0.15) is 0 Å². The number of aliphatic hydroxyl groups is 1. The monoisotopic (exact) mass is 474 g/mol. The molecule has 1 aliphatic rings. The summed E-state index contributed by atoms with van der Waals surface area (Å²) in [5.41, 5.74) is 0.776. The number of aliphatic hydroxyl groups excluding tert-OH is 1. The van der Waals surface area contributed by atoms with Gasteiger partial charge in [0.25, 0.3) is 0 Å². The van der Waals surface area contributed by atoms with E-state index < -0.39 is 35.8 Å². The molecule has 0 aromatic heterocycles. The third-order valence-electron chi connectivity index (χ3n) is 5.31. The van der Waals surface area contributed by atoms with Crippen LogP contribution in [0.4, 0.5) is 0 Å². The van der Waals surface area contributed by atoms with Gasteiger partial charge in [-0.15, -0.1) is 0 Å². The molecule has 0 aliphatic carbocycles. The summed E-state index contributed by atoms with van der Waals surface area (Å²) < 4.78 is 10.6. The summed E-state index contributed by atoms with van der Waals surface area (Å²) in [6.07, 6.45) is 6.31. The lowest BCUT2D eigenvalue weighted by Crippen LogP contribution is -2.48. The summed E-state index contributed by atoms with van der Waals surface area (Å²) in [6, 6.07) is 7.43. The second-order valence-corrected chi connectivity index (χ2v) is 8.34. The van der Waals surface area contributed by atoms with Crippen molar-refractivity contribution in [1.82, 2.24) is 10.6 Å². The summed E-state index contributed by atoms with van der Waals surface area (Å²) in [7, 11) is 0. The maximum Gasteiger partial charge on any atom is 0.332 e. The van der Waals surface area contributed by atoms with Crippen molar-refractivity contribution in [3.63, 3.8) is 0 Å². The average molecular weight is 475 g/mol. The topological polar surface area (TPSA) is 131 Å². The van der Waals surface area contributed by atoms with Crippen molar-refractivity contribution in [2.24, 2.45) is 5.92 Å². The SMILES string of the molecule is C[C@H](CO)NC(=O)C[C@H]1CC=CCCCCC(=O)OC[C@H](C(=O)OCc2ccccc2)NC1=O. The minimum Gasteiger partial charge on any atom is -0.463 e. The highest BCUT2D eigenvalue weighted by Gasteiger charge is 2.29. The molecule has 0 spiro atoms. The molecule has 0 bridgehead atoms. The van der Waals surface area contributed by atoms with Crippen LogP contribution in [0.15, 0.2) is 42.5 Å². The number of nitrogens with one attached hydrogen (secondary N) is 2. The zero-order chi connectivity index (χ0) is 24.8. The number of carbonyl (C=O) groups excluding carboxylic acids is 4. The number of amides is 2. The van der Waals surface area contributed by atoms with E-state index in [4.69, 9.17) is 14.6 Å². The first kappa shape index (κ1) is 27.0. The summed E-state index contributed by atoms with van der Waals surface area (Å²) >= 11 is 0. The summed E-state index contributed by atoms with van der Waals surface area (Å²) in [6.45, 7) is 1.09. The molecule has 186 valence electrons. The van der Waals surface area contributed by atoms with Crippen molar-refractivity contribution in [3.05, 3.63) is 48.0 Å². The lowest BCUT2D eigenvalue weighted by atomic mass is 9.98. The van der Waals surface area contributed by atoms with Crippen molar-refractivity contribution in [1.29, 1.82) is 0 Å². The Morgan fingerprint density at radius 2 is 1.97 bits per heavy atom.